The van der Waals surface area contributed by atoms with Gasteiger partial charge in [-0.25, -0.2) is 4.98 Å². The molecule has 4 aromatic carbocycles. The van der Waals surface area contributed by atoms with Gasteiger partial charge in [0.25, 0.3) is 0 Å². The monoisotopic (exact) mass is 703 g/mol. The predicted molar refractivity (Wildman–Crippen MR) is 165 cm³/mol. The first kappa shape index (κ1) is 28.1. The molecule has 0 aliphatic carbocycles. The number of fused-ring (bicyclic) bond motifs is 3. The van der Waals surface area contributed by atoms with Crippen LogP contribution in [0.1, 0.15) is 62.6 Å². The van der Waals surface area contributed by atoms with Gasteiger partial charge in [-0.2, -0.15) is 6.42 Å². The summed E-state index contributed by atoms with van der Waals surface area (Å²) in [6, 6.07) is 30.9. The minimum atomic E-state index is 0. The first-order valence-corrected chi connectivity index (χ1v) is 14.1. The molecule has 4 heteroatoms. The van der Waals surface area contributed by atoms with E-state index in [0.29, 0.717) is 11.8 Å². The van der Waals surface area contributed by atoms with Gasteiger partial charge < -0.3 is 11.5 Å². The summed E-state index contributed by atoms with van der Waals surface area (Å²) >= 11 is 0. The molecule has 0 saturated carbocycles. The Bertz CT molecular complexity index is 1710. The van der Waals surface area contributed by atoms with Crippen LogP contribution in [0, 0.1) is 6.92 Å². The SMILES string of the molecule is [CH2-]CCc1cc(-n2c3ccccc3c3ccccc32)ccc1-c1nccn1-c1c(C(C)C)cccc1C(C)C.[Ir]. The quantitative estimate of drug-likeness (QED) is 0.152. The Kier molecular flexibility index (Phi) is 8.12. The fourth-order valence-electron chi connectivity index (χ4n) is 6.01. The second-order valence-electron chi connectivity index (χ2n) is 11.0. The van der Waals surface area contributed by atoms with E-state index in [0.717, 1.165) is 18.7 Å². The van der Waals surface area contributed by atoms with Crippen molar-refractivity contribution < 1.29 is 20.1 Å². The number of hydrogen-bond donors (Lipinski definition) is 0. The van der Waals surface area contributed by atoms with E-state index in [2.05, 4.69) is 135 Å². The van der Waals surface area contributed by atoms with Crippen LogP contribution < -0.4 is 0 Å². The Labute approximate surface area is 251 Å². The molecule has 0 bridgehead atoms. The molecule has 3 nitrogen and oxygen atoms in total. The maximum absolute atomic E-state index is 4.93. The summed E-state index contributed by atoms with van der Waals surface area (Å²) in [6.45, 7) is 13.3. The largest absolute Gasteiger partial charge is 0.343 e. The number of nitrogens with zero attached hydrogens (tertiary/aromatic N) is 3. The van der Waals surface area contributed by atoms with E-state index in [1.54, 1.807) is 0 Å². The Morgan fingerprint density at radius 3 is 1.93 bits per heavy atom. The van der Waals surface area contributed by atoms with Crippen molar-refractivity contribution >= 4 is 21.8 Å². The second kappa shape index (κ2) is 11.6. The van der Waals surface area contributed by atoms with E-state index in [1.807, 2.05) is 6.20 Å². The van der Waals surface area contributed by atoms with E-state index in [-0.39, 0.29) is 20.1 Å². The molecular weight excluding hydrogens is 667 g/mol. The molecule has 1 radical (unpaired) electrons. The zero-order valence-corrected chi connectivity index (χ0v) is 26.1. The van der Waals surface area contributed by atoms with Gasteiger partial charge in [0, 0.05) is 54.5 Å². The Balaban J connectivity index is 0.00000323. The van der Waals surface area contributed by atoms with Gasteiger partial charge in [0.1, 0.15) is 5.82 Å². The van der Waals surface area contributed by atoms with E-state index >= 15 is 0 Å². The van der Waals surface area contributed by atoms with E-state index in [1.165, 1.54) is 55.4 Å². The van der Waals surface area contributed by atoms with Crippen LogP contribution in [0.15, 0.2) is 97.3 Å². The normalized spacial score (nSPS) is 11.6. The first-order valence-electron chi connectivity index (χ1n) is 14.1. The number of aromatic nitrogens is 3. The average molecular weight is 703 g/mol. The van der Waals surface area contributed by atoms with E-state index in [4.69, 9.17) is 4.98 Å². The average Bonchev–Trinajstić information content (AvgIpc) is 3.56. The van der Waals surface area contributed by atoms with Gasteiger partial charge in [0.15, 0.2) is 0 Å². The van der Waals surface area contributed by atoms with Gasteiger partial charge in [-0.05, 0) is 58.9 Å². The van der Waals surface area contributed by atoms with Gasteiger partial charge in [0.05, 0.1) is 16.7 Å². The number of aryl methyl sites for hydroxylation is 1. The topological polar surface area (TPSA) is 22.8 Å². The smallest absolute Gasteiger partial charge is 0.144 e. The minimum Gasteiger partial charge on any atom is -0.343 e. The third-order valence-corrected chi connectivity index (χ3v) is 7.84. The van der Waals surface area contributed by atoms with Crippen LogP contribution >= 0.6 is 0 Å². The molecule has 0 fully saturated rings. The number of hydrogen-bond acceptors (Lipinski definition) is 1. The van der Waals surface area contributed by atoms with Crippen molar-refractivity contribution in [3.05, 3.63) is 121 Å². The maximum Gasteiger partial charge on any atom is 0.144 e. The van der Waals surface area contributed by atoms with Gasteiger partial charge >= 0.3 is 0 Å². The zero-order valence-electron chi connectivity index (χ0n) is 23.7. The molecule has 6 rings (SSSR count). The molecule has 2 aromatic heterocycles. The summed E-state index contributed by atoms with van der Waals surface area (Å²) in [7, 11) is 0. The van der Waals surface area contributed by atoms with Crippen LogP contribution in [0.25, 0.3) is 44.6 Å². The summed E-state index contributed by atoms with van der Waals surface area (Å²) in [5, 5.41) is 2.55. The Morgan fingerprint density at radius 1 is 0.750 bits per heavy atom. The summed E-state index contributed by atoms with van der Waals surface area (Å²) in [4.78, 5) is 4.93. The van der Waals surface area contributed by atoms with Crippen LogP contribution in [0.3, 0.4) is 0 Å². The van der Waals surface area contributed by atoms with Crippen molar-refractivity contribution in [2.45, 2.75) is 52.4 Å². The fourth-order valence-corrected chi connectivity index (χ4v) is 6.01. The van der Waals surface area contributed by atoms with Crippen molar-refractivity contribution in [2.24, 2.45) is 0 Å². The van der Waals surface area contributed by atoms with Crippen LogP contribution in [-0.4, -0.2) is 14.1 Å². The van der Waals surface area contributed by atoms with Crippen LogP contribution in [-0.2, 0) is 26.5 Å². The standard InChI is InChI=1S/C36H36N3.Ir/c1-6-12-26-23-27(39-33-17-9-7-13-31(33)32-14-8-10-18-34(32)39)19-20-30(26)36-37-21-22-38(36)35-28(24(2)3)15-11-16-29(35)25(4)5;/h7-11,13-25H,1,6,12H2,2-5H3;/q-1;. The third-order valence-electron chi connectivity index (χ3n) is 7.84. The van der Waals surface area contributed by atoms with Gasteiger partial charge in [-0.15, -0.1) is 0 Å². The van der Waals surface area contributed by atoms with Gasteiger partial charge in [0.2, 0.25) is 0 Å². The molecule has 0 atom stereocenters. The van der Waals surface area contributed by atoms with Crippen molar-refractivity contribution in [3.8, 4) is 22.8 Å². The second-order valence-corrected chi connectivity index (χ2v) is 11.0. The Hall–Kier alpha value is -3.46. The van der Waals surface area contributed by atoms with E-state index in [9.17, 15) is 0 Å². The summed E-state index contributed by atoms with van der Waals surface area (Å²) in [6.07, 6.45) is 5.77. The van der Waals surface area contributed by atoms with Crippen molar-refractivity contribution in [1.29, 1.82) is 0 Å². The van der Waals surface area contributed by atoms with Crippen molar-refractivity contribution in [2.75, 3.05) is 0 Å². The molecule has 205 valence electrons. The van der Waals surface area contributed by atoms with Crippen LogP contribution in [0.5, 0.6) is 0 Å². The first-order chi connectivity index (χ1) is 19.0. The molecule has 40 heavy (non-hydrogen) atoms. The molecule has 0 aliphatic rings. The summed E-state index contributed by atoms with van der Waals surface area (Å²) in [5.74, 6) is 1.80. The van der Waals surface area contributed by atoms with Crippen LogP contribution in [0.2, 0.25) is 0 Å². The number of rotatable bonds is 7. The van der Waals surface area contributed by atoms with Crippen molar-refractivity contribution in [3.63, 3.8) is 0 Å². The van der Waals surface area contributed by atoms with Crippen molar-refractivity contribution in [1.82, 2.24) is 14.1 Å². The number of imidazole rings is 1. The molecule has 0 N–H and O–H groups in total. The molecule has 6 aromatic rings. The van der Waals surface area contributed by atoms with E-state index < -0.39 is 0 Å². The van der Waals surface area contributed by atoms with Gasteiger partial charge in [-0.3, -0.25) is 4.57 Å². The third kappa shape index (κ3) is 4.74. The molecular formula is C36H36IrN3-. The molecule has 0 unspecified atom stereocenters. The minimum absolute atomic E-state index is 0. The molecule has 0 spiro atoms. The molecule has 0 amide bonds. The maximum atomic E-state index is 4.93. The van der Waals surface area contributed by atoms with Crippen LogP contribution in [0.4, 0.5) is 0 Å². The molecule has 0 aliphatic heterocycles. The fraction of sp³-hybridized carbons (Fsp3) is 0.222. The summed E-state index contributed by atoms with van der Waals surface area (Å²) in [5.41, 5.74) is 10.0. The number of benzene rings is 4. The molecule has 0 saturated heterocycles. The van der Waals surface area contributed by atoms with Gasteiger partial charge in [-0.1, -0.05) is 88.7 Å². The zero-order chi connectivity index (χ0) is 27.1. The number of para-hydroxylation sites is 3. The Morgan fingerprint density at radius 2 is 1.35 bits per heavy atom. The predicted octanol–water partition coefficient (Wildman–Crippen LogP) is 9.65. The summed E-state index contributed by atoms with van der Waals surface area (Å²) < 4.78 is 4.70. The molecule has 2 heterocycles.